The van der Waals surface area contributed by atoms with Crippen molar-refractivity contribution >= 4 is 39.1 Å². The van der Waals surface area contributed by atoms with Gasteiger partial charge >= 0.3 is 0 Å². The molecule has 0 spiro atoms. The maximum atomic E-state index is 11.8. The molecule has 1 N–H and O–H groups in total. The number of anilines is 1. The first-order valence-corrected chi connectivity index (χ1v) is 6.29. The van der Waals surface area contributed by atoms with Crippen LogP contribution in [-0.4, -0.2) is 31.8 Å². The lowest BCUT2D eigenvalue weighted by atomic mass is 10.3. The normalized spacial score (nSPS) is 20.0. The van der Waals surface area contributed by atoms with E-state index in [1.807, 2.05) is 0 Å². The molecule has 1 amide bonds. The van der Waals surface area contributed by atoms with Crippen LogP contribution in [0.3, 0.4) is 0 Å². The summed E-state index contributed by atoms with van der Waals surface area (Å²) in [5.41, 5.74) is 0.556. The van der Waals surface area contributed by atoms with E-state index in [-0.39, 0.29) is 12.5 Å². The fraction of sp³-hybridized carbons (Fsp3) is 0.364. The molecule has 0 aliphatic carbocycles. The summed E-state index contributed by atoms with van der Waals surface area (Å²) in [6.45, 7) is 1.24. The summed E-state index contributed by atoms with van der Waals surface area (Å²) in [4.78, 5) is 11.8. The summed E-state index contributed by atoms with van der Waals surface area (Å²) in [6, 6.07) is 5.25. The first kappa shape index (κ1) is 12.8. The molecule has 92 valence electrons. The van der Waals surface area contributed by atoms with E-state index in [0.717, 1.165) is 4.47 Å². The Labute approximate surface area is 112 Å². The Bertz CT molecular complexity index is 421. The van der Waals surface area contributed by atoms with Crippen molar-refractivity contribution in [3.05, 3.63) is 27.7 Å². The second-order valence-corrected chi connectivity index (χ2v) is 4.87. The van der Waals surface area contributed by atoms with Crippen LogP contribution in [0, 0.1) is 0 Å². The topological polar surface area (TPSA) is 47.6 Å². The standard InChI is InChI=1S/C11H11BrClNO3/c12-7-1-2-8(13)9(5-7)14-11(15)10-6-16-3-4-17-10/h1-2,5,10H,3-4,6H2,(H,14,15). The van der Waals surface area contributed by atoms with Crippen LogP contribution in [0.1, 0.15) is 0 Å². The highest BCUT2D eigenvalue weighted by Gasteiger charge is 2.23. The molecular formula is C11H11BrClNO3. The predicted octanol–water partition coefficient (Wildman–Crippen LogP) is 2.46. The van der Waals surface area contributed by atoms with Gasteiger partial charge in [-0.3, -0.25) is 4.79 Å². The highest BCUT2D eigenvalue weighted by Crippen LogP contribution is 2.26. The van der Waals surface area contributed by atoms with Gasteiger partial charge in [0.05, 0.1) is 30.5 Å². The lowest BCUT2D eigenvalue weighted by Gasteiger charge is -2.22. The molecule has 1 aromatic rings. The molecule has 6 heteroatoms. The summed E-state index contributed by atoms with van der Waals surface area (Å²) in [7, 11) is 0. The van der Waals surface area contributed by atoms with Crippen LogP contribution in [0.2, 0.25) is 5.02 Å². The minimum atomic E-state index is -0.571. The number of halogens is 2. The van der Waals surface area contributed by atoms with E-state index in [9.17, 15) is 4.79 Å². The Balaban J connectivity index is 2.04. The third-order valence-electron chi connectivity index (χ3n) is 2.29. The molecule has 1 aromatic carbocycles. The smallest absolute Gasteiger partial charge is 0.255 e. The minimum Gasteiger partial charge on any atom is -0.376 e. The largest absolute Gasteiger partial charge is 0.376 e. The molecule has 1 atom stereocenters. The van der Waals surface area contributed by atoms with Gasteiger partial charge in [-0.05, 0) is 18.2 Å². The summed E-state index contributed by atoms with van der Waals surface area (Å²) < 4.78 is 11.3. The SMILES string of the molecule is O=C(Nc1cc(Br)ccc1Cl)C1COCCO1. The van der Waals surface area contributed by atoms with Gasteiger partial charge in [0.1, 0.15) is 0 Å². The van der Waals surface area contributed by atoms with Crippen LogP contribution in [0.5, 0.6) is 0 Å². The van der Waals surface area contributed by atoms with Crippen molar-refractivity contribution in [3.63, 3.8) is 0 Å². The van der Waals surface area contributed by atoms with E-state index in [2.05, 4.69) is 21.2 Å². The number of carbonyl (C=O) groups excluding carboxylic acids is 1. The van der Waals surface area contributed by atoms with Gasteiger partial charge in [-0.2, -0.15) is 0 Å². The van der Waals surface area contributed by atoms with Crippen molar-refractivity contribution in [1.82, 2.24) is 0 Å². The third-order valence-corrected chi connectivity index (χ3v) is 3.12. The van der Waals surface area contributed by atoms with Crippen LogP contribution >= 0.6 is 27.5 Å². The van der Waals surface area contributed by atoms with E-state index in [4.69, 9.17) is 21.1 Å². The number of nitrogens with one attached hydrogen (secondary N) is 1. The molecule has 1 aliphatic rings. The maximum absolute atomic E-state index is 11.8. The zero-order chi connectivity index (χ0) is 12.3. The minimum absolute atomic E-state index is 0.246. The molecule has 0 bridgehead atoms. The molecule has 2 rings (SSSR count). The monoisotopic (exact) mass is 319 g/mol. The zero-order valence-electron chi connectivity index (χ0n) is 8.91. The number of benzene rings is 1. The summed E-state index contributed by atoms with van der Waals surface area (Å²) >= 11 is 9.29. The second kappa shape index (κ2) is 5.82. The molecule has 1 saturated heterocycles. The zero-order valence-corrected chi connectivity index (χ0v) is 11.3. The van der Waals surface area contributed by atoms with Gasteiger partial charge in [0.2, 0.25) is 0 Å². The number of hydrogen-bond donors (Lipinski definition) is 1. The fourth-order valence-electron chi connectivity index (χ4n) is 1.45. The highest BCUT2D eigenvalue weighted by atomic mass is 79.9. The van der Waals surface area contributed by atoms with Gasteiger partial charge < -0.3 is 14.8 Å². The number of hydrogen-bond acceptors (Lipinski definition) is 3. The summed E-state index contributed by atoms with van der Waals surface area (Å²) in [5.74, 6) is -0.246. The molecule has 1 heterocycles. The van der Waals surface area contributed by atoms with E-state index in [1.165, 1.54) is 0 Å². The Morgan fingerprint density at radius 3 is 3.00 bits per heavy atom. The molecular weight excluding hydrogens is 309 g/mol. The van der Waals surface area contributed by atoms with Crippen molar-refractivity contribution in [2.45, 2.75) is 6.10 Å². The van der Waals surface area contributed by atoms with Gasteiger partial charge in [0.25, 0.3) is 5.91 Å². The Morgan fingerprint density at radius 2 is 2.29 bits per heavy atom. The maximum Gasteiger partial charge on any atom is 0.255 e. The van der Waals surface area contributed by atoms with Gasteiger partial charge in [0.15, 0.2) is 6.10 Å². The quantitative estimate of drug-likeness (QED) is 0.910. The average Bonchev–Trinajstić information content (AvgIpc) is 2.35. The number of carbonyl (C=O) groups is 1. The van der Waals surface area contributed by atoms with Crippen molar-refractivity contribution in [2.75, 3.05) is 25.1 Å². The summed E-state index contributed by atoms with van der Waals surface area (Å²) in [5, 5.41) is 3.20. The molecule has 1 unspecified atom stereocenters. The highest BCUT2D eigenvalue weighted by molar-refractivity contribution is 9.10. The summed E-state index contributed by atoms with van der Waals surface area (Å²) in [6.07, 6.45) is -0.571. The molecule has 4 nitrogen and oxygen atoms in total. The first-order valence-electron chi connectivity index (χ1n) is 5.12. The predicted molar refractivity (Wildman–Crippen MR) is 68.3 cm³/mol. The number of ether oxygens (including phenoxy) is 2. The third kappa shape index (κ3) is 3.42. The second-order valence-electron chi connectivity index (χ2n) is 3.55. The first-order chi connectivity index (χ1) is 8.16. The van der Waals surface area contributed by atoms with Gasteiger partial charge in [-0.25, -0.2) is 0 Å². The Morgan fingerprint density at radius 1 is 1.47 bits per heavy atom. The van der Waals surface area contributed by atoms with Crippen molar-refractivity contribution in [3.8, 4) is 0 Å². The van der Waals surface area contributed by atoms with E-state index in [1.54, 1.807) is 18.2 Å². The van der Waals surface area contributed by atoms with Crippen molar-refractivity contribution in [2.24, 2.45) is 0 Å². The van der Waals surface area contributed by atoms with E-state index >= 15 is 0 Å². The molecule has 0 saturated carbocycles. The molecule has 0 aromatic heterocycles. The van der Waals surface area contributed by atoms with Crippen LogP contribution in [0.4, 0.5) is 5.69 Å². The molecule has 0 radical (unpaired) electrons. The lowest BCUT2D eigenvalue weighted by Crippen LogP contribution is -2.39. The lowest BCUT2D eigenvalue weighted by molar-refractivity contribution is -0.142. The van der Waals surface area contributed by atoms with Gasteiger partial charge in [-0.15, -0.1) is 0 Å². The Kier molecular flexibility index (Phi) is 4.39. The van der Waals surface area contributed by atoms with Crippen LogP contribution in [-0.2, 0) is 14.3 Å². The van der Waals surface area contributed by atoms with E-state index in [0.29, 0.717) is 23.9 Å². The van der Waals surface area contributed by atoms with Crippen LogP contribution in [0.15, 0.2) is 22.7 Å². The Hall–Kier alpha value is -0.620. The molecule has 17 heavy (non-hydrogen) atoms. The fourth-order valence-corrected chi connectivity index (χ4v) is 1.97. The average molecular weight is 321 g/mol. The molecule has 1 aliphatic heterocycles. The van der Waals surface area contributed by atoms with Gasteiger partial charge in [0, 0.05) is 4.47 Å². The van der Waals surface area contributed by atoms with Crippen molar-refractivity contribution in [1.29, 1.82) is 0 Å². The van der Waals surface area contributed by atoms with Crippen LogP contribution < -0.4 is 5.32 Å². The van der Waals surface area contributed by atoms with E-state index < -0.39 is 6.10 Å². The van der Waals surface area contributed by atoms with Crippen molar-refractivity contribution < 1.29 is 14.3 Å². The molecule has 1 fully saturated rings. The number of rotatable bonds is 2. The number of amides is 1. The van der Waals surface area contributed by atoms with Gasteiger partial charge in [-0.1, -0.05) is 27.5 Å². The van der Waals surface area contributed by atoms with Crippen LogP contribution in [0.25, 0.3) is 0 Å².